The van der Waals surface area contributed by atoms with Gasteiger partial charge in [-0.2, -0.15) is 0 Å². The van der Waals surface area contributed by atoms with Gasteiger partial charge >= 0.3 is 0 Å². The topological polar surface area (TPSA) is 16.1 Å². The highest BCUT2D eigenvalue weighted by atomic mass is 35.5. The molecule has 0 N–H and O–H groups in total. The quantitative estimate of drug-likeness (QED) is 0.675. The molecule has 1 aromatic rings. The van der Waals surface area contributed by atoms with Crippen molar-refractivity contribution in [2.24, 2.45) is 0 Å². The van der Waals surface area contributed by atoms with Crippen molar-refractivity contribution < 1.29 is 0 Å². The van der Waals surface area contributed by atoms with Crippen molar-refractivity contribution in [3.8, 4) is 0 Å². The van der Waals surface area contributed by atoms with E-state index in [4.69, 9.17) is 11.6 Å². The van der Waals surface area contributed by atoms with Crippen LogP contribution in [-0.2, 0) is 6.54 Å². The molecule has 3 heteroatoms. The molecule has 2 heterocycles. The molecule has 1 aromatic heterocycles. The predicted molar refractivity (Wildman–Crippen MR) is 53.8 cm³/mol. The maximum atomic E-state index is 5.96. The van der Waals surface area contributed by atoms with Crippen LogP contribution in [0.25, 0.3) is 0 Å². The lowest BCUT2D eigenvalue weighted by Gasteiger charge is -2.14. The SMILES string of the molecule is Clc1ncccc1CN1CCCC1. The third-order valence-corrected chi connectivity index (χ3v) is 2.77. The second-order valence-electron chi connectivity index (χ2n) is 3.44. The van der Waals surface area contributed by atoms with Gasteiger partial charge < -0.3 is 0 Å². The molecule has 1 aliphatic heterocycles. The van der Waals surface area contributed by atoms with Gasteiger partial charge in [0.1, 0.15) is 5.15 Å². The Morgan fingerprint density at radius 3 is 2.85 bits per heavy atom. The van der Waals surface area contributed by atoms with Gasteiger partial charge in [0, 0.05) is 18.3 Å². The predicted octanol–water partition coefficient (Wildman–Crippen LogP) is 2.33. The van der Waals surface area contributed by atoms with Crippen molar-refractivity contribution in [3.63, 3.8) is 0 Å². The number of likely N-dealkylation sites (tertiary alicyclic amines) is 1. The van der Waals surface area contributed by atoms with Crippen molar-refractivity contribution in [1.29, 1.82) is 0 Å². The van der Waals surface area contributed by atoms with Gasteiger partial charge in [-0.15, -0.1) is 0 Å². The second kappa shape index (κ2) is 4.07. The van der Waals surface area contributed by atoms with Crippen LogP contribution < -0.4 is 0 Å². The third kappa shape index (κ3) is 2.20. The Bertz CT molecular complexity index is 282. The van der Waals surface area contributed by atoms with E-state index in [2.05, 4.69) is 9.88 Å². The van der Waals surface area contributed by atoms with Gasteiger partial charge in [-0.3, -0.25) is 4.90 Å². The summed E-state index contributed by atoms with van der Waals surface area (Å²) < 4.78 is 0. The van der Waals surface area contributed by atoms with Gasteiger partial charge in [-0.05, 0) is 32.0 Å². The number of hydrogen-bond donors (Lipinski definition) is 0. The zero-order valence-corrected chi connectivity index (χ0v) is 8.30. The number of hydrogen-bond acceptors (Lipinski definition) is 2. The molecule has 0 aliphatic carbocycles. The summed E-state index contributed by atoms with van der Waals surface area (Å²) in [7, 11) is 0. The molecule has 0 amide bonds. The minimum atomic E-state index is 0.648. The first-order chi connectivity index (χ1) is 6.36. The molecule has 1 saturated heterocycles. The Hall–Kier alpha value is -0.600. The van der Waals surface area contributed by atoms with E-state index < -0.39 is 0 Å². The Kier molecular flexibility index (Phi) is 2.81. The summed E-state index contributed by atoms with van der Waals surface area (Å²) in [5.74, 6) is 0. The molecule has 0 bridgehead atoms. The van der Waals surface area contributed by atoms with Crippen LogP contribution in [0.5, 0.6) is 0 Å². The Morgan fingerprint density at radius 1 is 1.38 bits per heavy atom. The lowest BCUT2D eigenvalue weighted by molar-refractivity contribution is 0.331. The standard InChI is InChI=1S/C10H13ClN2/c11-10-9(4-3-5-12-10)8-13-6-1-2-7-13/h3-5H,1-2,6-8H2. The van der Waals surface area contributed by atoms with Crippen LogP contribution in [0.3, 0.4) is 0 Å². The van der Waals surface area contributed by atoms with E-state index in [9.17, 15) is 0 Å². The van der Waals surface area contributed by atoms with E-state index in [1.54, 1.807) is 6.20 Å². The fraction of sp³-hybridized carbons (Fsp3) is 0.500. The summed E-state index contributed by atoms with van der Waals surface area (Å²) in [6.07, 6.45) is 4.37. The summed E-state index contributed by atoms with van der Waals surface area (Å²) in [6, 6.07) is 3.99. The lowest BCUT2D eigenvalue weighted by Crippen LogP contribution is -2.18. The van der Waals surface area contributed by atoms with Gasteiger partial charge in [-0.25, -0.2) is 4.98 Å². The maximum absolute atomic E-state index is 5.96. The molecule has 1 fully saturated rings. The maximum Gasteiger partial charge on any atom is 0.133 e. The summed E-state index contributed by atoms with van der Waals surface area (Å²) in [5, 5.41) is 0.648. The third-order valence-electron chi connectivity index (χ3n) is 2.43. The fourth-order valence-corrected chi connectivity index (χ4v) is 1.90. The van der Waals surface area contributed by atoms with Gasteiger partial charge in [0.15, 0.2) is 0 Å². The average Bonchev–Trinajstić information content (AvgIpc) is 2.61. The van der Waals surface area contributed by atoms with Crippen LogP contribution in [0.1, 0.15) is 18.4 Å². The average molecular weight is 197 g/mol. The summed E-state index contributed by atoms with van der Waals surface area (Å²) in [4.78, 5) is 6.48. The van der Waals surface area contributed by atoms with Crippen LogP contribution in [0.4, 0.5) is 0 Å². The molecule has 13 heavy (non-hydrogen) atoms. The van der Waals surface area contributed by atoms with Crippen LogP contribution >= 0.6 is 11.6 Å². The van der Waals surface area contributed by atoms with Crippen LogP contribution in [0.2, 0.25) is 5.15 Å². The minimum absolute atomic E-state index is 0.648. The number of aromatic nitrogens is 1. The van der Waals surface area contributed by atoms with Gasteiger partial charge in [0.05, 0.1) is 0 Å². The zero-order chi connectivity index (χ0) is 9.10. The number of rotatable bonds is 2. The van der Waals surface area contributed by atoms with Crippen molar-refractivity contribution in [3.05, 3.63) is 29.0 Å². The van der Waals surface area contributed by atoms with Crippen LogP contribution in [-0.4, -0.2) is 23.0 Å². The van der Waals surface area contributed by atoms with Crippen molar-refractivity contribution in [2.75, 3.05) is 13.1 Å². The first-order valence-electron chi connectivity index (χ1n) is 4.68. The Labute approximate surface area is 83.5 Å². The second-order valence-corrected chi connectivity index (χ2v) is 3.79. The smallest absolute Gasteiger partial charge is 0.133 e. The van der Waals surface area contributed by atoms with Gasteiger partial charge in [-0.1, -0.05) is 17.7 Å². The largest absolute Gasteiger partial charge is 0.299 e. The van der Waals surface area contributed by atoms with Crippen LogP contribution in [0, 0.1) is 0 Å². The van der Waals surface area contributed by atoms with E-state index in [0.717, 1.165) is 12.1 Å². The Morgan fingerprint density at radius 2 is 2.15 bits per heavy atom. The highest BCUT2D eigenvalue weighted by molar-refractivity contribution is 6.30. The normalized spacial score (nSPS) is 17.9. The fourth-order valence-electron chi connectivity index (χ4n) is 1.72. The first kappa shape index (κ1) is 8.97. The van der Waals surface area contributed by atoms with Crippen molar-refractivity contribution in [1.82, 2.24) is 9.88 Å². The highest BCUT2D eigenvalue weighted by Crippen LogP contribution is 2.17. The number of nitrogens with zero attached hydrogens (tertiary/aromatic N) is 2. The molecule has 0 atom stereocenters. The molecule has 0 spiro atoms. The van der Waals surface area contributed by atoms with Crippen molar-refractivity contribution in [2.45, 2.75) is 19.4 Å². The Balaban J connectivity index is 2.04. The van der Waals surface area contributed by atoms with E-state index >= 15 is 0 Å². The molecular formula is C10H13ClN2. The lowest BCUT2D eigenvalue weighted by atomic mass is 10.3. The minimum Gasteiger partial charge on any atom is -0.299 e. The number of halogens is 1. The van der Waals surface area contributed by atoms with E-state index in [-0.39, 0.29) is 0 Å². The highest BCUT2D eigenvalue weighted by Gasteiger charge is 2.12. The first-order valence-corrected chi connectivity index (χ1v) is 5.06. The molecule has 0 aromatic carbocycles. The molecule has 0 unspecified atom stereocenters. The summed E-state index contributed by atoms with van der Waals surface area (Å²) in [5.41, 5.74) is 1.14. The molecule has 1 aliphatic rings. The zero-order valence-electron chi connectivity index (χ0n) is 7.54. The van der Waals surface area contributed by atoms with Crippen molar-refractivity contribution >= 4 is 11.6 Å². The monoisotopic (exact) mass is 196 g/mol. The van der Waals surface area contributed by atoms with Gasteiger partial charge in [0.2, 0.25) is 0 Å². The molecule has 0 saturated carbocycles. The molecule has 2 rings (SSSR count). The molecule has 70 valence electrons. The summed E-state index contributed by atoms with van der Waals surface area (Å²) in [6.45, 7) is 3.35. The van der Waals surface area contributed by atoms with Crippen LogP contribution in [0.15, 0.2) is 18.3 Å². The van der Waals surface area contributed by atoms with Gasteiger partial charge in [0.25, 0.3) is 0 Å². The van der Waals surface area contributed by atoms with E-state index in [0.29, 0.717) is 5.15 Å². The van der Waals surface area contributed by atoms with E-state index in [1.165, 1.54) is 25.9 Å². The number of pyridine rings is 1. The molecule has 0 radical (unpaired) electrons. The molecule has 2 nitrogen and oxygen atoms in total. The molecular weight excluding hydrogens is 184 g/mol. The summed E-state index contributed by atoms with van der Waals surface area (Å²) >= 11 is 5.96. The van der Waals surface area contributed by atoms with E-state index in [1.807, 2.05) is 12.1 Å².